The summed E-state index contributed by atoms with van der Waals surface area (Å²) in [5.41, 5.74) is 0.554. The van der Waals surface area contributed by atoms with E-state index in [1.54, 1.807) is 0 Å². The van der Waals surface area contributed by atoms with Crippen molar-refractivity contribution in [2.45, 2.75) is 13.0 Å². The van der Waals surface area contributed by atoms with Gasteiger partial charge in [-0.3, -0.25) is 4.90 Å². The zero-order valence-electron chi connectivity index (χ0n) is 7.56. The van der Waals surface area contributed by atoms with E-state index in [-0.39, 0.29) is 0 Å². The molecule has 0 aromatic heterocycles. The van der Waals surface area contributed by atoms with Crippen LogP contribution in [0.15, 0.2) is 16.6 Å². The van der Waals surface area contributed by atoms with Gasteiger partial charge in [0.1, 0.15) is 11.6 Å². The van der Waals surface area contributed by atoms with Crippen LogP contribution in [-0.4, -0.2) is 18.0 Å². The monoisotopic (exact) mass is 261 g/mol. The molecule has 0 amide bonds. The van der Waals surface area contributed by atoms with Gasteiger partial charge in [-0.2, -0.15) is 0 Å². The molecule has 76 valence electrons. The first-order valence-corrected chi connectivity index (χ1v) is 5.32. The summed E-state index contributed by atoms with van der Waals surface area (Å²) in [5, 5.41) is 0. The van der Waals surface area contributed by atoms with Crippen molar-refractivity contribution >= 4 is 15.9 Å². The molecule has 0 N–H and O–H groups in total. The second kappa shape index (κ2) is 3.95. The molecule has 1 aliphatic rings. The highest BCUT2D eigenvalue weighted by molar-refractivity contribution is 9.10. The third kappa shape index (κ3) is 1.96. The zero-order valence-corrected chi connectivity index (χ0v) is 9.15. The summed E-state index contributed by atoms with van der Waals surface area (Å²) in [7, 11) is 0. The Morgan fingerprint density at radius 2 is 1.93 bits per heavy atom. The van der Waals surface area contributed by atoms with Crippen molar-refractivity contribution in [3.8, 4) is 0 Å². The fraction of sp³-hybridized carbons (Fsp3) is 0.400. The van der Waals surface area contributed by atoms with Crippen LogP contribution >= 0.6 is 15.9 Å². The van der Waals surface area contributed by atoms with Crippen LogP contribution < -0.4 is 0 Å². The number of halogens is 3. The number of nitrogens with zero attached hydrogens (tertiary/aromatic N) is 1. The highest BCUT2D eigenvalue weighted by atomic mass is 79.9. The van der Waals surface area contributed by atoms with E-state index in [1.165, 1.54) is 12.5 Å². The Bertz CT molecular complexity index is 350. The minimum atomic E-state index is -0.546. The third-order valence-electron chi connectivity index (χ3n) is 2.43. The first-order valence-electron chi connectivity index (χ1n) is 4.52. The molecule has 1 nitrogen and oxygen atoms in total. The lowest BCUT2D eigenvalue weighted by Gasteiger charge is -2.30. The molecule has 0 spiro atoms. The zero-order chi connectivity index (χ0) is 10.1. The van der Waals surface area contributed by atoms with E-state index >= 15 is 0 Å². The van der Waals surface area contributed by atoms with Gasteiger partial charge >= 0.3 is 0 Å². The maximum absolute atomic E-state index is 13.3. The molecule has 0 unspecified atom stereocenters. The highest BCUT2D eigenvalue weighted by Crippen LogP contribution is 2.22. The molecule has 2 rings (SSSR count). The van der Waals surface area contributed by atoms with E-state index in [0.717, 1.165) is 19.2 Å². The topological polar surface area (TPSA) is 3.24 Å². The third-order valence-corrected chi connectivity index (χ3v) is 3.04. The van der Waals surface area contributed by atoms with Crippen LogP contribution in [0.2, 0.25) is 0 Å². The van der Waals surface area contributed by atoms with E-state index in [9.17, 15) is 8.78 Å². The van der Waals surface area contributed by atoms with E-state index in [2.05, 4.69) is 20.8 Å². The Balaban J connectivity index is 2.19. The molecule has 1 aromatic carbocycles. The van der Waals surface area contributed by atoms with Gasteiger partial charge in [0.25, 0.3) is 0 Å². The summed E-state index contributed by atoms with van der Waals surface area (Å²) >= 11 is 3.05. The lowest BCUT2D eigenvalue weighted by molar-refractivity contribution is 0.170. The van der Waals surface area contributed by atoms with Gasteiger partial charge in [0.05, 0.1) is 4.47 Å². The van der Waals surface area contributed by atoms with Gasteiger partial charge in [-0.15, -0.1) is 0 Å². The van der Waals surface area contributed by atoms with Crippen LogP contribution in [0.4, 0.5) is 8.78 Å². The van der Waals surface area contributed by atoms with E-state index < -0.39 is 11.6 Å². The number of likely N-dealkylation sites (tertiary alicyclic amines) is 1. The summed E-state index contributed by atoms with van der Waals surface area (Å²) in [4.78, 5) is 2.13. The van der Waals surface area contributed by atoms with Gasteiger partial charge in [0.2, 0.25) is 0 Å². The molecule has 1 aromatic rings. The van der Waals surface area contributed by atoms with Crippen molar-refractivity contribution in [2.75, 3.05) is 13.1 Å². The first kappa shape index (κ1) is 10.1. The molecule has 1 aliphatic heterocycles. The number of rotatable bonds is 2. The fourth-order valence-electron chi connectivity index (χ4n) is 1.47. The maximum Gasteiger partial charge on any atom is 0.140 e. The molecule has 4 heteroatoms. The quantitative estimate of drug-likeness (QED) is 0.741. The summed E-state index contributed by atoms with van der Waals surface area (Å²) in [5.74, 6) is -1.01. The maximum atomic E-state index is 13.3. The summed E-state index contributed by atoms with van der Waals surface area (Å²) < 4.78 is 26.5. The van der Waals surface area contributed by atoms with Gasteiger partial charge in [-0.05, 0) is 41.5 Å². The lowest BCUT2D eigenvalue weighted by atomic mass is 10.1. The molecule has 1 saturated heterocycles. The molecule has 0 aliphatic carbocycles. The Labute approximate surface area is 89.8 Å². The molecule has 14 heavy (non-hydrogen) atoms. The average molecular weight is 262 g/mol. The van der Waals surface area contributed by atoms with Crippen molar-refractivity contribution in [2.24, 2.45) is 0 Å². The van der Waals surface area contributed by atoms with Crippen LogP contribution in [-0.2, 0) is 6.54 Å². The van der Waals surface area contributed by atoms with Crippen molar-refractivity contribution in [1.82, 2.24) is 4.90 Å². The summed E-state index contributed by atoms with van der Waals surface area (Å²) in [6, 6.07) is 2.45. The normalized spacial score (nSPS) is 16.8. The van der Waals surface area contributed by atoms with Crippen LogP contribution in [0.5, 0.6) is 0 Å². The Morgan fingerprint density at radius 3 is 2.50 bits per heavy atom. The Morgan fingerprint density at radius 1 is 1.21 bits per heavy atom. The van der Waals surface area contributed by atoms with Crippen molar-refractivity contribution < 1.29 is 8.78 Å². The molecule has 0 saturated carbocycles. The largest absolute Gasteiger partial charge is 0.299 e. The smallest absolute Gasteiger partial charge is 0.140 e. The molecule has 0 bridgehead atoms. The van der Waals surface area contributed by atoms with Crippen LogP contribution in [0.25, 0.3) is 0 Å². The molecular formula is C10H10BrF2N. The summed E-state index contributed by atoms with van der Waals surface area (Å²) in [6.45, 7) is 2.59. The number of benzene rings is 1. The van der Waals surface area contributed by atoms with Crippen LogP contribution in [0, 0.1) is 11.6 Å². The van der Waals surface area contributed by atoms with Crippen molar-refractivity contribution in [3.05, 3.63) is 33.8 Å². The standard InChI is InChI=1S/C10H10BrF2N/c11-8-4-7(6-14-2-1-3-14)9(12)5-10(8)13/h4-5H,1-3,6H2. The van der Waals surface area contributed by atoms with E-state index in [0.29, 0.717) is 16.6 Å². The van der Waals surface area contributed by atoms with Gasteiger partial charge in [-0.1, -0.05) is 0 Å². The lowest BCUT2D eigenvalue weighted by Crippen LogP contribution is -2.36. The molecular weight excluding hydrogens is 252 g/mol. The Kier molecular flexibility index (Phi) is 2.83. The van der Waals surface area contributed by atoms with Gasteiger partial charge in [-0.25, -0.2) is 8.78 Å². The predicted molar refractivity (Wildman–Crippen MR) is 54.0 cm³/mol. The van der Waals surface area contributed by atoms with Crippen LogP contribution in [0.3, 0.4) is 0 Å². The minimum Gasteiger partial charge on any atom is -0.299 e. The van der Waals surface area contributed by atoms with Crippen LogP contribution in [0.1, 0.15) is 12.0 Å². The van der Waals surface area contributed by atoms with Gasteiger partial charge in [0, 0.05) is 18.2 Å². The number of hydrogen-bond donors (Lipinski definition) is 0. The Hall–Kier alpha value is -0.480. The summed E-state index contributed by atoms with van der Waals surface area (Å²) in [6.07, 6.45) is 1.17. The minimum absolute atomic E-state index is 0.328. The molecule has 0 atom stereocenters. The van der Waals surface area contributed by atoms with E-state index in [4.69, 9.17) is 0 Å². The molecule has 0 radical (unpaired) electrons. The highest BCUT2D eigenvalue weighted by Gasteiger charge is 2.16. The second-order valence-corrected chi connectivity index (χ2v) is 4.34. The number of hydrogen-bond acceptors (Lipinski definition) is 1. The van der Waals surface area contributed by atoms with Gasteiger partial charge < -0.3 is 0 Å². The molecule has 1 fully saturated rings. The van der Waals surface area contributed by atoms with Crippen molar-refractivity contribution in [1.29, 1.82) is 0 Å². The molecule has 1 heterocycles. The van der Waals surface area contributed by atoms with Crippen molar-refractivity contribution in [3.63, 3.8) is 0 Å². The first-order chi connectivity index (χ1) is 6.66. The SMILES string of the molecule is Fc1cc(F)c(CN2CCC2)cc1Br. The van der Waals surface area contributed by atoms with Gasteiger partial charge in [0.15, 0.2) is 0 Å². The second-order valence-electron chi connectivity index (χ2n) is 3.49. The fourth-order valence-corrected chi connectivity index (χ4v) is 1.86. The van der Waals surface area contributed by atoms with E-state index in [1.807, 2.05) is 0 Å². The predicted octanol–water partition coefficient (Wildman–Crippen LogP) is 2.93. The average Bonchev–Trinajstić information content (AvgIpc) is 2.06.